The summed E-state index contributed by atoms with van der Waals surface area (Å²) in [6.07, 6.45) is 2.09. The molecule has 0 unspecified atom stereocenters. The fourth-order valence-electron chi connectivity index (χ4n) is 2.78. The second-order valence-electron chi connectivity index (χ2n) is 6.11. The molecule has 5 nitrogen and oxygen atoms in total. The Kier molecular flexibility index (Phi) is 5.12. The van der Waals surface area contributed by atoms with Crippen LogP contribution in [0.15, 0.2) is 42.5 Å². The molecule has 0 saturated heterocycles. The molecule has 1 aliphatic carbocycles. The van der Waals surface area contributed by atoms with Gasteiger partial charge >= 0.3 is 0 Å². The normalized spacial score (nSPS) is 13.2. The Labute approximate surface area is 148 Å². The fraction of sp³-hybridized carbons (Fsp3) is 0.350. The van der Waals surface area contributed by atoms with Gasteiger partial charge in [-0.3, -0.25) is 4.79 Å². The molecule has 0 radical (unpaired) electrons. The van der Waals surface area contributed by atoms with Gasteiger partial charge in [-0.05, 0) is 42.7 Å². The Bertz CT molecular complexity index is 716. The number of ether oxygens (including phenoxy) is 3. The van der Waals surface area contributed by atoms with Crippen molar-refractivity contribution in [3.8, 4) is 17.2 Å². The Morgan fingerprint density at radius 3 is 1.96 bits per heavy atom. The van der Waals surface area contributed by atoms with E-state index in [4.69, 9.17) is 14.2 Å². The second-order valence-corrected chi connectivity index (χ2v) is 6.11. The first-order valence-corrected chi connectivity index (χ1v) is 8.31. The van der Waals surface area contributed by atoms with E-state index in [0.29, 0.717) is 29.6 Å². The highest BCUT2D eigenvalue weighted by Gasteiger charge is 2.33. The van der Waals surface area contributed by atoms with E-state index in [1.807, 2.05) is 29.2 Å². The van der Waals surface area contributed by atoms with Crippen molar-refractivity contribution in [1.29, 1.82) is 0 Å². The molecule has 5 heteroatoms. The molecule has 0 aliphatic heterocycles. The third-order valence-corrected chi connectivity index (χ3v) is 4.36. The van der Waals surface area contributed by atoms with E-state index in [2.05, 4.69) is 0 Å². The van der Waals surface area contributed by atoms with Gasteiger partial charge in [0.05, 0.1) is 21.3 Å². The van der Waals surface area contributed by atoms with Crippen molar-refractivity contribution in [1.82, 2.24) is 4.90 Å². The Hall–Kier alpha value is -2.69. The number of carbonyl (C=O) groups is 1. The minimum atomic E-state index is -0.00415. The molecule has 1 aliphatic rings. The molecule has 0 bridgehead atoms. The van der Waals surface area contributed by atoms with Crippen molar-refractivity contribution in [2.24, 2.45) is 0 Å². The first-order valence-electron chi connectivity index (χ1n) is 8.31. The van der Waals surface area contributed by atoms with E-state index < -0.39 is 0 Å². The minimum absolute atomic E-state index is 0.00415. The van der Waals surface area contributed by atoms with Gasteiger partial charge in [0.2, 0.25) is 0 Å². The van der Waals surface area contributed by atoms with E-state index in [-0.39, 0.29) is 5.91 Å². The second kappa shape index (κ2) is 7.47. The first kappa shape index (κ1) is 17.1. The summed E-state index contributed by atoms with van der Waals surface area (Å²) in [6, 6.07) is 13.4. The largest absolute Gasteiger partial charge is 0.497 e. The third-order valence-electron chi connectivity index (χ3n) is 4.36. The highest BCUT2D eigenvalue weighted by molar-refractivity contribution is 5.95. The van der Waals surface area contributed by atoms with Gasteiger partial charge < -0.3 is 19.1 Å². The molecule has 2 aromatic carbocycles. The predicted octanol–water partition coefficient (Wildman–Crippen LogP) is 3.52. The van der Waals surface area contributed by atoms with Crippen molar-refractivity contribution < 1.29 is 19.0 Å². The van der Waals surface area contributed by atoms with Gasteiger partial charge in [-0.15, -0.1) is 0 Å². The fourth-order valence-corrected chi connectivity index (χ4v) is 2.78. The lowest BCUT2D eigenvalue weighted by Crippen LogP contribution is -2.32. The molecule has 0 N–H and O–H groups in total. The van der Waals surface area contributed by atoms with E-state index >= 15 is 0 Å². The van der Waals surface area contributed by atoms with Gasteiger partial charge in [0.25, 0.3) is 5.91 Å². The van der Waals surface area contributed by atoms with Crippen LogP contribution in [0.4, 0.5) is 0 Å². The van der Waals surface area contributed by atoms with Gasteiger partial charge in [0.15, 0.2) is 0 Å². The molecular weight excluding hydrogens is 318 g/mol. The summed E-state index contributed by atoms with van der Waals surface area (Å²) in [6.45, 7) is 0.576. The van der Waals surface area contributed by atoms with E-state index in [0.717, 1.165) is 24.2 Å². The molecule has 1 fully saturated rings. The molecule has 0 aromatic heterocycles. The van der Waals surface area contributed by atoms with Crippen molar-refractivity contribution in [3.05, 3.63) is 53.6 Å². The predicted molar refractivity (Wildman–Crippen MR) is 95.4 cm³/mol. The SMILES string of the molecule is COc1ccc(CN(C(=O)c2cc(OC)cc(OC)c2)C2CC2)cc1. The van der Waals surface area contributed by atoms with Crippen LogP contribution in [0.2, 0.25) is 0 Å². The average Bonchev–Trinajstić information content (AvgIpc) is 3.50. The van der Waals surface area contributed by atoms with Crippen molar-refractivity contribution in [3.63, 3.8) is 0 Å². The van der Waals surface area contributed by atoms with Crippen LogP contribution in [0.3, 0.4) is 0 Å². The molecule has 3 rings (SSSR count). The van der Waals surface area contributed by atoms with Crippen LogP contribution in [-0.2, 0) is 6.54 Å². The number of methoxy groups -OCH3 is 3. The number of nitrogens with zero attached hydrogens (tertiary/aromatic N) is 1. The van der Waals surface area contributed by atoms with Crippen molar-refractivity contribution in [2.75, 3.05) is 21.3 Å². The van der Waals surface area contributed by atoms with Crippen LogP contribution < -0.4 is 14.2 Å². The quantitative estimate of drug-likeness (QED) is 0.773. The molecule has 0 heterocycles. The Morgan fingerprint density at radius 2 is 1.48 bits per heavy atom. The summed E-state index contributed by atoms with van der Waals surface area (Å²) >= 11 is 0. The summed E-state index contributed by atoms with van der Waals surface area (Å²) in [4.78, 5) is 15.0. The molecular formula is C20H23NO4. The van der Waals surface area contributed by atoms with Crippen LogP contribution in [0, 0.1) is 0 Å². The zero-order valence-corrected chi connectivity index (χ0v) is 14.8. The molecule has 1 saturated carbocycles. The smallest absolute Gasteiger partial charge is 0.254 e. The Balaban J connectivity index is 1.83. The number of carbonyl (C=O) groups excluding carboxylic acids is 1. The molecule has 0 spiro atoms. The van der Waals surface area contributed by atoms with Crippen molar-refractivity contribution >= 4 is 5.91 Å². The molecule has 0 atom stereocenters. The van der Waals surface area contributed by atoms with Gasteiger partial charge in [0, 0.05) is 24.2 Å². The summed E-state index contributed by atoms with van der Waals surface area (Å²) in [5, 5.41) is 0. The highest BCUT2D eigenvalue weighted by Crippen LogP contribution is 2.32. The van der Waals surface area contributed by atoms with E-state index in [1.54, 1.807) is 39.5 Å². The summed E-state index contributed by atoms with van der Waals surface area (Å²) < 4.78 is 15.8. The van der Waals surface area contributed by atoms with Crippen LogP contribution in [0.1, 0.15) is 28.8 Å². The number of hydrogen-bond acceptors (Lipinski definition) is 4. The van der Waals surface area contributed by atoms with Crippen LogP contribution >= 0.6 is 0 Å². The third kappa shape index (κ3) is 4.05. The maximum Gasteiger partial charge on any atom is 0.254 e. The van der Waals surface area contributed by atoms with E-state index in [1.165, 1.54) is 0 Å². The van der Waals surface area contributed by atoms with Gasteiger partial charge in [-0.25, -0.2) is 0 Å². The lowest BCUT2D eigenvalue weighted by Gasteiger charge is -2.23. The van der Waals surface area contributed by atoms with Gasteiger partial charge in [-0.2, -0.15) is 0 Å². The topological polar surface area (TPSA) is 48.0 Å². The van der Waals surface area contributed by atoms with Gasteiger partial charge in [0.1, 0.15) is 17.2 Å². The number of hydrogen-bond donors (Lipinski definition) is 0. The minimum Gasteiger partial charge on any atom is -0.497 e. The first-order chi connectivity index (χ1) is 12.1. The lowest BCUT2D eigenvalue weighted by atomic mass is 10.1. The highest BCUT2D eigenvalue weighted by atomic mass is 16.5. The zero-order valence-electron chi connectivity index (χ0n) is 14.8. The standard InChI is InChI=1S/C20H23NO4/c1-23-17-8-4-14(5-9-17)13-21(16-6-7-16)20(22)15-10-18(24-2)12-19(11-15)25-3/h4-5,8-12,16H,6-7,13H2,1-3H3. The lowest BCUT2D eigenvalue weighted by molar-refractivity contribution is 0.0729. The number of amides is 1. The molecule has 1 amide bonds. The average molecular weight is 341 g/mol. The molecule has 2 aromatic rings. The summed E-state index contributed by atoms with van der Waals surface area (Å²) in [7, 11) is 4.81. The van der Waals surface area contributed by atoms with Crippen LogP contribution in [0.5, 0.6) is 17.2 Å². The molecule has 132 valence electrons. The van der Waals surface area contributed by atoms with Gasteiger partial charge in [-0.1, -0.05) is 12.1 Å². The Morgan fingerprint density at radius 1 is 0.920 bits per heavy atom. The monoisotopic (exact) mass is 341 g/mol. The maximum absolute atomic E-state index is 13.1. The van der Waals surface area contributed by atoms with Crippen molar-refractivity contribution in [2.45, 2.75) is 25.4 Å². The number of rotatable bonds is 7. The molecule has 25 heavy (non-hydrogen) atoms. The summed E-state index contributed by atoms with van der Waals surface area (Å²) in [5.41, 5.74) is 1.66. The zero-order chi connectivity index (χ0) is 17.8. The number of benzene rings is 2. The van der Waals surface area contributed by atoms with E-state index in [9.17, 15) is 4.79 Å². The summed E-state index contributed by atoms with van der Waals surface area (Å²) in [5.74, 6) is 2.03. The maximum atomic E-state index is 13.1. The van der Waals surface area contributed by atoms with Crippen LogP contribution in [-0.4, -0.2) is 38.2 Å². The van der Waals surface area contributed by atoms with Crippen LogP contribution in [0.25, 0.3) is 0 Å².